The van der Waals surface area contributed by atoms with Gasteiger partial charge in [-0.25, -0.2) is 0 Å². The van der Waals surface area contributed by atoms with E-state index in [9.17, 15) is 0 Å². The quantitative estimate of drug-likeness (QED) is 0.477. The third-order valence-corrected chi connectivity index (χ3v) is 6.75. The second kappa shape index (κ2) is 7.49. The molecule has 0 saturated carbocycles. The molecule has 0 spiro atoms. The zero-order valence-electron chi connectivity index (χ0n) is 15.9. The molecular weight excluding hydrogens is 366 g/mol. The van der Waals surface area contributed by atoms with E-state index >= 15 is 0 Å². The van der Waals surface area contributed by atoms with Crippen LogP contribution in [0.25, 0.3) is 21.5 Å². The number of fused-ring (bicyclic) bond motifs is 2. The normalized spacial score (nSPS) is 14.9. The van der Waals surface area contributed by atoms with Crippen molar-refractivity contribution < 1.29 is 4.42 Å². The average Bonchev–Trinajstić information content (AvgIpc) is 3.38. The molecule has 0 aliphatic heterocycles. The molecule has 0 fully saturated rings. The van der Waals surface area contributed by atoms with Gasteiger partial charge in [0.2, 0.25) is 5.89 Å². The fourth-order valence-electron chi connectivity index (χ4n) is 4.00. The largest absolute Gasteiger partial charge is 0.419 e. The molecule has 2 heterocycles. The molecule has 0 bridgehead atoms. The van der Waals surface area contributed by atoms with Crippen LogP contribution < -0.4 is 5.32 Å². The van der Waals surface area contributed by atoms with Crippen molar-refractivity contribution in [3.63, 3.8) is 0 Å². The summed E-state index contributed by atoms with van der Waals surface area (Å²) in [5.74, 6) is 1.28. The van der Waals surface area contributed by atoms with Crippen molar-refractivity contribution in [2.45, 2.75) is 45.2 Å². The highest BCUT2D eigenvalue weighted by atomic mass is 32.1. The molecule has 0 amide bonds. The molecule has 28 heavy (non-hydrogen) atoms. The first-order valence-corrected chi connectivity index (χ1v) is 10.7. The Bertz CT molecular complexity index is 1090. The first-order chi connectivity index (χ1) is 13.8. The van der Waals surface area contributed by atoms with Crippen LogP contribution in [0.4, 0.5) is 0 Å². The zero-order valence-corrected chi connectivity index (χ0v) is 16.8. The lowest BCUT2D eigenvalue weighted by molar-refractivity contribution is 0.455. The summed E-state index contributed by atoms with van der Waals surface area (Å²) in [6.45, 7) is 2.73. The molecule has 1 aliphatic carbocycles. The third-order valence-electron chi connectivity index (χ3n) is 5.52. The minimum atomic E-state index is 0.190. The maximum absolute atomic E-state index is 5.95. The SMILES string of the molecule is CC(NCc1nnc(-c2cc3c(s2)CCCC3)o1)c1cccc2ccccc12. The molecule has 5 heteroatoms. The van der Waals surface area contributed by atoms with E-state index < -0.39 is 0 Å². The summed E-state index contributed by atoms with van der Waals surface area (Å²) in [6.07, 6.45) is 4.94. The molecule has 2 aromatic carbocycles. The van der Waals surface area contributed by atoms with Crippen molar-refractivity contribution in [1.82, 2.24) is 15.5 Å². The fraction of sp³-hybridized carbons (Fsp3) is 0.304. The van der Waals surface area contributed by atoms with Gasteiger partial charge in [0.05, 0.1) is 11.4 Å². The number of hydrogen-bond donors (Lipinski definition) is 1. The number of rotatable bonds is 5. The van der Waals surface area contributed by atoms with Crippen LogP contribution in [-0.4, -0.2) is 10.2 Å². The fourth-order valence-corrected chi connectivity index (χ4v) is 5.17. The Hall–Kier alpha value is -2.50. The van der Waals surface area contributed by atoms with Crippen molar-refractivity contribution in [3.05, 3.63) is 70.4 Å². The van der Waals surface area contributed by atoms with Gasteiger partial charge in [0.25, 0.3) is 5.89 Å². The highest BCUT2D eigenvalue weighted by Crippen LogP contribution is 2.35. The van der Waals surface area contributed by atoms with Gasteiger partial charge in [-0.2, -0.15) is 0 Å². The highest BCUT2D eigenvalue weighted by Gasteiger charge is 2.18. The first-order valence-electron chi connectivity index (χ1n) is 9.93. The van der Waals surface area contributed by atoms with Crippen LogP contribution in [0.15, 0.2) is 52.9 Å². The maximum atomic E-state index is 5.95. The summed E-state index contributed by atoms with van der Waals surface area (Å²) >= 11 is 1.81. The van der Waals surface area contributed by atoms with Gasteiger partial charge in [-0.3, -0.25) is 0 Å². The van der Waals surface area contributed by atoms with Gasteiger partial charge in [0.1, 0.15) is 0 Å². The van der Waals surface area contributed by atoms with Gasteiger partial charge in [-0.1, -0.05) is 42.5 Å². The van der Waals surface area contributed by atoms with Crippen LogP contribution >= 0.6 is 11.3 Å². The van der Waals surface area contributed by atoms with Crippen LogP contribution in [0.2, 0.25) is 0 Å². The van der Waals surface area contributed by atoms with Gasteiger partial charge in [-0.05, 0) is 60.6 Å². The maximum Gasteiger partial charge on any atom is 0.257 e. The van der Waals surface area contributed by atoms with Crippen LogP contribution in [0, 0.1) is 0 Å². The Morgan fingerprint density at radius 2 is 1.93 bits per heavy atom. The Kier molecular flexibility index (Phi) is 4.71. The minimum absolute atomic E-state index is 0.190. The van der Waals surface area contributed by atoms with E-state index in [2.05, 4.69) is 71.0 Å². The van der Waals surface area contributed by atoms with Gasteiger partial charge in [0.15, 0.2) is 0 Å². The first kappa shape index (κ1) is 17.6. The van der Waals surface area contributed by atoms with Crippen LogP contribution in [0.1, 0.15) is 47.7 Å². The molecule has 4 aromatic rings. The molecule has 2 aromatic heterocycles. The predicted molar refractivity (Wildman–Crippen MR) is 113 cm³/mol. The van der Waals surface area contributed by atoms with E-state index in [4.69, 9.17) is 4.42 Å². The lowest BCUT2D eigenvalue weighted by Crippen LogP contribution is -2.18. The number of nitrogens with zero attached hydrogens (tertiary/aromatic N) is 2. The number of aromatic nitrogens is 2. The number of nitrogens with one attached hydrogen (secondary N) is 1. The van der Waals surface area contributed by atoms with Gasteiger partial charge < -0.3 is 9.73 Å². The van der Waals surface area contributed by atoms with Crippen molar-refractivity contribution in [2.75, 3.05) is 0 Å². The van der Waals surface area contributed by atoms with Crippen molar-refractivity contribution in [3.8, 4) is 10.8 Å². The molecule has 1 aliphatic rings. The van der Waals surface area contributed by atoms with Crippen LogP contribution in [0.5, 0.6) is 0 Å². The molecule has 0 saturated heterocycles. The Morgan fingerprint density at radius 3 is 2.86 bits per heavy atom. The average molecular weight is 390 g/mol. The van der Waals surface area contributed by atoms with E-state index in [1.165, 1.54) is 52.5 Å². The molecular formula is C23H23N3OS. The third kappa shape index (κ3) is 3.36. The number of aryl methyl sites for hydroxylation is 2. The Balaban J connectivity index is 1.30. The van der Waals surface area contributed by atoms with Crippen molar-refractivity contribution in [2.24, 2.45) is 0 Å². The number of hydrogen-bond acceptors (Lipinski definition) is 5. The predicted octanol–water partition coefficient (Wildman–Crippen LogP) is 5.68. The van der Waals surface area contributed by atoms with Crippen molar-refractivity contribution >= 4 is 22.1 Å². The topological polar surface area (TPSA) is 51.0 Å². The van der Waals surface area contributed by atoms with Crippen LogP contribution in [0.3, 0.4) is 0 Å². The molecule has 1 N–H and O–H groups in total. The standard InChI is InChI=1S/C23H23N3OS/c1-15(18-11-6-9-16-7-2-4-10-19(16)18)24-14-22-25-26-23(27-22)21-13-17-8-3-5-12-20(17)28-21/h2,4,6-7,9-11,13,15,24H,3,5,8,12,14H2,1H3. The molecule has 0 radical (unpaired) electrons. The summed E-state index contributed by atoms with van der Waals surface area (Å²) in [7, 11) is 0. The van der Waals surface area contributed by atoms with Gasteiger partial charge >= 0.3 is 0 Å². The van der Waals surface area contributed by atoms with E-state index in [0.717, 1.165) is 4.88 Å². The Morgan fingerprint density at radius 1 is 1.07 bits per heavy atom. The molecule has 1 atom stereocenters. The molecule has 5 rings (SSSR count). The second-order valence-corrected chi connectivity index (χ2v) is 8.57. The van der Waals surface area contributed by atoms with E-state index in [0.29, 0.717) is 18.3 Å². The number of benzene rings is 2. The van der Waals surface area contributed by atoms with E-state index in [1.54, 1.807) is 0 Å². The summed E-state index contributed by atoms with van der Waals surface area (Å²) in [4.78, 5) is 2.59. The van der Waals surface area contributed by atoms with Gasteiger partial charge in [0, 0.05) is 10.9 Å². The highest BCUT2D eigenvalue weighted by molar-refractivity contribution is 7.15. The number of thiophene rings is 1. The van der Waals surface area contributed by atoms with Gasteiger partial charge in [-0.15, -0.1) is 21.5 Å². The monoisotopic (exact) mass is 389 g/mol. The smallest absolute Gasteiger partial charge is 0.257 e. The molecule has 1 unspecified atom stereocenters. The van der Waals surface area contributed by atoms with E-state index in [1.807, 2.05) is 11.3 Å². The molecule has 4 nitrogen and oxygen atoms in total. The molecule has 142 valence electrons. The summed E-state index contributed by atoms with van der Waals surface area (Å²) in [6, 6.07) is 17.3. The van der Waals surface area contributed by atoms with Crippen molar-refractivity contribution in [1.29, 1.82) is 0 Å². The summed E-state index contributed by atoms with van der Waals surface area (Å²) < 4.78 is 5.95. The lowest BCUT2D eigenvalue weighted by Gasteiger charge is -2.15. The summed E-state index contributed by atoms with van der Waals surface area (Å²) in [5, 5.41) is 14.6. The minimum Gasteiger partial charge on any atom is -0.419 e. The van der Waals surface area contributed by atoms with Crippen LogP contribution in [-0.2, 0) is 19.4 Å². The van der Waals surface area contributed by atoms with E-state index in [-0.39, 0.29) is 6.04 Å². The summed E-state index contributed by atoms with van der Waals surface area (Å²) in [5.41, 5.74) is 2.75. The lowest BCUT2D eigenvalue weighted by atomic mass is 9.99. The zero-order chi connectivity index (χ0) is 18.9. The Labute approximate surface area is 168 Å². The second-order valence-electron chi connectivity index (χ2n) is 7.44.